The van der Waals surface area contributed by atoms with Crippen LogP contribution in [0.4, 0.5) is 0 Å². The molecule has 6 heteroatoms. The van der Waals surface area contributed by atoms with Gasteiger partial charge < -0.3 is 13.5 Å². The lowest BCUT2D eigenvalue weighted by Gasteiger charge is -2.19. The molecule has 0 radical (unpaired) electrons. The maximum Gasteiger partial charge on any atom is 0.702 e. The van der Waals surface area contributed by atoms with E-state index in [1.165, 1.54) is 12.8 Å². The Labute approximate surface area is 117 Å². The van der Waals surface area contributed by atoms with Crippen molar-refractivity contribution < 1.29 is 13.5 Å². The first-order valence-electron chi connectivity index (χ1n) is 6.65. The summed E-state index contributed by atoms with van der Waals surface area (Å²) in [6.45, 7) is 11.7. The third-order valence-corrected chi connectivity index (χ3v) is 4.18. The van der Waals surface area contributed by atoms with E-state index in [1.807, 2.05) is 13.8 Å². The summed E-state index contributed by atoms with van der Waals surface area (Å²) in [4.78, 5) is 0. The molecule has 0 rings (SSSR count). The normalized spacial score (nSPS) is 15.8. The Morgan fingerprint density at radius 1 is 1.05 bits per heavy atom. The molecule has 0 unspecified atom stereocenters. The van der Waals surface area contributed by atoms with Crippen LogP contribution in [0.2, 0.25) is 0 Å². The van der Waals surface area contributed by atoms with Crippen LogP contribution in [0.3, 0.4) is 0 Å². The molecule has 0 aliphatic heterocycles. The summed E-state index contributed by atoms with van der Waals surface area (Å²) in [6, 6.07) is 0. The molecule has 0 aliphatic rings. The molecule has 0 aromatic rings. The Hall–Kier alpha value is -1.14. The largest absolute Gasteiger partial charge is 0.702 e. The predicted octanol–water partition coefficient (Wildman–Crippen LogP) is 3.68. The Bertz CT molecular complexity index is 306. The highest BCUT2D eigenvalue weighted by atomic mass is 28.4. The van der Waals surface area contributed by atoms with Crippen LogP contribution < -0.4 is 0 Å². The highest BCUT2D eigenvalue weighted by Gasteiger charge is 2.43. The predicted molar refractivity (Wildman–Crippen MR) is 81.2 cm³/mol. The van der Waals surface area contributed by atoms with Crippen LogP contribution in [-0.4, -0.2) is 27.3 Å². The Balaban J connectivity index is 4.71. The Kier molecular flexibility index (Phi) is 9.16. The number of oxime groups is 2. The molecule has 0 spiro atoms. The number of rotatable bonds is 10. The van der Waals surface area contributed by atoms with Gasteiger partial charge in [-0.05, 0) is 26.7 Å². The van der Waals surface area contributed by atoms with Gasteiger partial charge in [0.25, 0.3) is 0 Å². The molecule has 0 heterocycles. The summed E-state index contributed by atoms with van der Waals surface area (Å²) < 4.78 is 16.2. The van der Waals surface area contributed by atoms with Crippen LogP contribution in [0.25, 0.3) is 0 Å². The van der Waals surface area contributed by atoms with Crippen LogP contribution in [0.15, 0.2) is 22.6 Å². The minimum absolute atomic E-state index is 0.878. The Morgan fingerprint density at radius 2 is 1.47 bits per heavy atom. The molecular weight excluding hydrogens is 260 g/mol. The van der Waals surface area contributed by atoms with E-state index in [9.17, 15) is 0 Å². The van der Waals surface area contributed by atoms with Gasteiger partial charge in [0.15, 0.2) is 0 Å². The second-order valence-corrected chi connectivity index (χ2v) is 6.74. The van der Waals surface area contributed by atoms with Gasteiger partial charge in [0.1, 0.15) is 0 Å². The van der Waals surface area contributed by atoms with E-state index >= 15 is 0 Å². The van der Waals surface area contributed by atoms with Gasteiger partial charge in [0.2, 0.25) is 0 Å². The first-order chi connectivity index (χ1) is 9.03. The van der Waals surface area contributed by atoms with Gasteiger partial charge in [-0.25, -0.2) is 0 Å². The van der Waals surface area contributed by atoms with Crippen molar-refractivity contribution in [3.05, 3.63) is 12.3 Å². The highest BCUT2D eigenvalue weighted by Crippen LogP contribution is 2.12. The fourth-order valence-electron chi connectivity index (χ4n) is 1.35. The zero-order valence-corrected chi connectivity index (χ0v) is 13.7. The van der Waals surface area contributed by atoms with E-state index in [-0.39, 0.29) is 0 Å². The summed E-state index contributed by atoms with van der Waals surface area (Å²) in [5.41, 5.74) is 3.32. The zero-order chi connectivity index (χ0) is 14.7. The van der Waals surface area contributed by atoms with Crippen LogP contribution >= 0.6 is 0 Å². The van der Waals surface area contributed by atoms with Gasteiger partial charge in [0.05, 0.1) is 11.4 Å². The number of hydrogen-bond donors (Lipinski definition) is 0. The molecule has 0 aromatic carbocycles. The summed E-state index contributed by atoms with van der Waals surface area (Å²) in [5, 5.41) is 8.08. The van der Waals surface area contributed by atoms with Crippen LogP contribution in [0.1, 0.15) is 53.4 Å². The SMILES string of the molecule is C=C[Si](OC)(ON=C(C)CCC)ON=C(C)CCC. The van der Waals surface area contributed by atoms with Crippen molar-refractivity contribution >= 4 is 20.2 Å². The van der Waals surface area contributed by atoms with Gasteiger partial charge in [-0.15, -0.1) is 10.3 Å². The first kappa shape index (κ1) is 17.9. The average Bonchev–Trinajstić information content (AvgIpc) is 2.40. The second-order valence-electron chi connectivity index (χ2n) is 4.35. The van der Waals surface area contributed by atoms with Gasteiger partial charge in [-0.3, -0.25) is 0 Å². The molecule has 0 saturated heterocycles. The van der Waals surface area contributed by atoms with Crippen molar-refractivity contribution in [3.8, 4) is 0 Å². The first-order valence-corrected chi connectivity index (χ1v) is 8.45. The smallest absolute Gasteiger partial charge is 0.380 e. The van der Waals surface area contributed by atoms with E-state index in [1.54, 1.807) is 0 Å². The minimum Gasteiger partial charge on any atom is -0.380 e. The quantitative estimate of drug-likeness (QED) is 0.350. The minimum atomic E-state index is -3.04. The maximum absolute atomic E-state index is 5.43. The van der Waals surface area contributed by atoms with Gasteiger partial charge >= 0.3 is 8.80 Å². The number of nitrogens with zero attached hydrogens (tertiary/aromatic N) is 2. The van der Waals surface area contributed by atoms with Crippen molar-refractivity contribution in [2.45, 2.75) is 53.4 Å². The lowest BCUT2D eigenvalue weighted by molar-refractivity contribution is 0.0960. The fraction of sp³-hybridized carbons (Fsp3) is 0.692. The lowest BCUT2D eigenvalue weighted by atomic mass is 10.2. The van der Waals surface area contributed by atoms with Crippen molar-refractivity contribution in [1.29, 1.82) is 0 Å². The molecular formula is C13H26N2O3Si. The van der Waals surface area contributed by atoms with E-state index < -0.39 is 8.80 Å². The molecule has 0 aromatic heterocycles. The standard InChI is InChI=1S/C13H26N2O3Si/c1-7-10-12(4)14-17-19(9-3,16-6)18-15-13(5)11-8-2/h9H,3,7-8,10-11H2,1-2,4-6H3. The summed E-state index contributed by atoms with van der Waals surface area (Å²) >= 11 is 0. The van der Waals surface area contributed by atoms with Crippen LogP contribution in [-0.2, 0) is 13.5 Å². The molecule has 0 fully saturated rings. The molecule has 0 atom stereocenters. The van der Waals surface area contributed by atoms with Crippen molar-refractivity contribution in [2.75, 3.05) is 7.11 Å². The number of hydrogen-bond acceptors (Lipinski definition) is 5. The zero-order valence-electron chi connectivity index (χ0n) is 12.7. The van der Waals surface area contributed by atoms with Crippen molar-refractivity contribution in [1.82, 2.24) is 0 Å². The molecule has 0 N–H and O–H groups in total. The maximum atomic E-state index is 5.43. The lowest BCUT2D eigenvalue weighted by Crippen LogP contribution is -2.40. The molecule has 5 nitrogen and oxygen atoms in total. The Morgan fingerprint density at radius 3 is 1.74 bits per heavy atom. The molecule has 0 bridgehead atoms. The topological polar surface area (TPSA) is 52.4 Å². The van der Waals surface area contributed by atoms with Gasteiger partial charge in [-0.1, -0.05) is 33.3 Å². The van der Waals surface area contributed by atoms with E-state index in [0.29, 0.717) is 0 Å². The molecule has 19 heavy (non-hydrogen) atoms. The third kappa shape index (κ3) is 7.12. The van der Waals surface area contributed by atoms with Crippen LogP contribution in [0, 0.1) is 0 Å². The van der Waals surface area contributed by atoms with Crippen molar-refractivity contribution in [2.24, 2.45) is 10.3 Å². The summed E-state index contributed by atoms with van der Waals surface area (Å²) in [7, 11) is -1.52. The van der Waals surface area contributed by atoms with Crippen molar-refractivity contribution in [3.63, 3.8) is 0 Å². The average molecular weight is 286 g/mol. The monoisotopic (exact) mass is 286 g/mol. The van der Waals surface area contributed by atoms with Crippen LogP contribution in [0.5, 0.6) is 0 Å². The fourth-order valence-corrected chi connectivity index (χ4v) is 2.41. The molecule has 0 amide bonds. The molecule has 0 aliphatic carbocycles. The van der Waals surface area contributed by atoms with E-state index in [0.717, 1.165) is 37.1 Å². The highest BCUT2D eigenvalue weighted by molar-refractivity contribution is 6.66. The summed E-state index contributed by atoms with van der Waals surface area (Å²) in [5.74, 6) is 0. The summed E-state index contributed by atoms with van der Waals surface area (Å²) in [6.07, 6.45) is 3.79. The van der Waals surface area contributed by atoms with Gasteiger partial charge in [0, 0.05) is 12.8 Å². The van der Waals surface area contributed by atoms with E-state index in [4.69, 9.17) is 13.5 Å². The van der Waals surface area contributed by atoms with E-state index in [2.05, 4.69) is 30.7 Å². The second kappa shape index (κ2) is 9.74. The van der Waals surface area contributed by atoms with Gasteiger partial charge in [-0.2, -0.15) is 0 Å². The third-order valence-electron chi connectivity index (χ3n) is 2.42. The molecule has 0 saturated carbocycles. The molecule has 110 valence electrons.